The lowest BCUT2D eigenvalue weighted by Gasteiger charge is -2.15. The first kappa shape index (κ1) is 23.7. The Morgan fingerprint density at radius 3 is 1.94 bits per heavy atom. The first-order chi connectivity index (χ1) is 14.5. The minimum atomic E-state index is -0.905. The molecule has 0 saturated heterocycles. The van der Waals surface area contributed by atoms with Crippen molar-refractivity contribution >= 4 is 57.5 Å². The molecule has 3 N–H and O–H groups in total. The maximum absolute atomic E-state index is 12.1. The van der Waals surface area contributed by atoms with Crippen LogP contribution in [0.15, 0.2) is 24.3 Å². The molecule has 13 nitrogen and oxygen atoms in total. The summed E-state index contributed by atoms with van der Waals surface area (Å²) in [5.74, 6) is -0.673. The van der Waals surface area contributed by atoms with E-state index < -0.39 is 44.2 Å². The molecule has 0 aromatic heterocycles. The van der Waals surface area contributed by atoms with Crippen LogP contribution in [-0.2, 0) is 11.2 Å². The number of benzene rings is 2. The second-order valence-corrected chi connectivity index (χ2v) is 6.74. The maximum Gasteiger partial charge on any atom is 0.299 e. The molecule has 2 aromatic rings. The second kappa shape index (κ2) is 9.97. The first-order valence-corrected chi connectivity index (χ1v) is 9.04. The van der Waals surface area contributed by atoms with Gasteiger partial charge in [-0.3, -0.25) is 35.1 Å². The zero-order chi connectivity index (χ0) is 23.3. The van der Waals surface area contributed by atoms with Crippen molar-refractivity contribution < 1.29 is 24.7 Å². The molecule has 0 bridgehead atoms. The second-order valence-electron chi connectivity index (χ2n) is 5.93. The van der Waals surface area contributed by atoms with Gasteiger partial charge in [0, 0.05) is 24.7 Å². The van der Waals surface area contributed by atoms with Crippen LogP contribution in [-0.4, -0.2) is 38.9 Å². The number of nitrogens with zero attached hydrogens (tertiary/aromatic N) is 3. The van der Waals surface area contributed by atoms with Gasteiger partial charge >= 0.3 is 0 Å². The number of aliphatic hydroxyl groups excluding tert-OH is 1. The Morgan fingerprint density at radius 1 is 0.903 bits per heavy atom. The number of nitro groups is 3. The summed E-state index contributed by atoms with van der Waals surface area (Å²) in [4.78, 5) is 43.2. The van der Waals surface area contributed by atoms with E-state index in [0.29, 0.717) is 6.07 Å². The van der Waals surface area contributed by atoms with Crippen molar-refractivity contribution in [2.24, 2.45) is 0 Å². The summed E-state index contributed by atoms with van der Waals surface area (Å²) in [6, 6.07) is 3.56. The highest BCUT2D eigenvalue weighted by molar-refractivity contribution is 6.39. The fraction of sp³-hybridized carbons (Fsp3) is 0.188. The van der Waals surface area contributed by atoms with Gasteiger partial charge in [0.25, 0.3) is 17.1 Å². The molecule has 0 fully saturated rings. The Kier molecular flexibility index (Phi) is 7.63. The SMILES string of the molecule is O=C(Cc1cc([N+](=O)[O-])cc([N+](=O)[O-])c1Nc1c(Cl)cc([N+](=O)[O-])cc1Cl)NCCO. The van der Waals surface area contributed by atoms with E-state index >= 15 is 0 Å². The van der Waals surface area contributed by atoms with Crippen molar-refractivity contribution in [2.75, 3.05) is 18.5 Å². The molecule has 0 radical (unpaired) electrons. The van der Waals surface area contributed by atoms with Gasteiger partial charge in [-0.2, -0.15) is 0 Å². The molecule has 0 heterocycles. The summed E-state index contributed by atoms with van der Waals surface area (Å²) in [7, 11) is 0. The highest BCUT2D eigenvalue weighted by atomic mass is 35.5. The number of nitrogens with one attached hydrogen (secondary N) is 2. The fourth-order valence-corrected chi connectivity index (χ4v) is 3.11. The summed E-state index contributed by atoms with van der Waals surface area (Å²) >= 11 is 12.1. The Balaban J connectivity index is 2.64. The van der Waals surface area contributed by atoms with E-state index in [1.54, 1.807) is 0 Å². The van der Waals surface area contributed by atoms with Crippen molar-refractivity contribution in [1.29, 1.82) is 0 Å². The van der Waals surface area contributed by atoms with E-state index in [9.17, 15) is 35.1 Å². The molecule has 0 spiro atoms. The molecule has 2 rings (SSSR count). The van der Waals surface area contributed by atoms with Crippen LogP contribution in [0.25, 0.3) is 0 Å². The van der Waals surface area contributed by atoms with Crippen molar-refractivity contribution in [2.45, 2.75) is 6.42 Å². The predicted octanol–water partition coefficient (Wildman–Crippen LogP) is 3.11. The van der Waals surface area contributed by atoms with Gasteiger partial charge in [-0.25, -0.2) is 0 Å². The molecule has 0 aliphatic carbocycles. The number of aliphatic hydroxyl groups is 1. The number of halogens is 2. The standard InChI is InChI=1S/C16H13Cl2N5O8/c17-11-5-10(22(28)29)6-12(18)16(11)20-15-8(4-14(25)19-1-2-24)3-9(21(26)27)7-13(15)23(30)31/h3,5-7,20,24H,1-2,4H2,(H,19,25). The number of carbonyl (C=O) groups excluding carboxylic acids is 1. The van der Waals surface area contributed by atoms with Gasteiger partial charge in [0.05, 0.1) is 49.6 Å². The molecule has 15 heteroatoms. The number of carbonyl (C=O) groups is 1. The summed E-state index contributed by atoms with van der Waals surface area (Å²) in [6.07, 6.45) is -0.521. The van der Waals surface area contributed by atoms with E-state index in [4.69, 9.17) is 28.3 Å². The molecule has 0 atom stereocenters. The largest absolute Gasteiger partial charge is 0.395 e. The molecular formula is C16H13Cl2N5O8. The fourth-order valence-electron chi connectivity index (χ4n) is 2.54. The predicted molar refractivity (Wildman–Crippen MR) is 110 cm³/mol. The number of amides is 1. The minimum absolute atomic E-state index is 0.0986. The van der Waals surface area contributed by atoms with Gasteiger partial charge in [0.1, 0.15) is 5.69 Å². The molecule has 2 aromatic carbocycles. The summed E-state index contributed by atoms with van der Waals surface area (Å²) in [5.41, 5.74) is -2.40. The summed E-state index contributed by atoms with van der Waals surface area (Å²) < 4.78 is 0. The van der Waals surface area contributed by atoms with Crippen LogP contribution in [0.5, 0.6) is 0 Å². The van der Waals surface area contributed by atoms with Crippen LogP contribution in [0.3, 0.4) is 0 Å². The molecule has 0 aliphatic heterocycles. The number of nitro benzene ring substituents is 3. The lowest BCUT2D eigenvalue weighted by atomic mass is 10.1. The van der Waals surface area contributed by atoms with E-state index in [1.807, 2.05) is 0 Å². The minimum Gasteiger partial charge on any atom is -0.395 e. The van der Waals surface area contributed by atoms with Gasteiger partial charge in [-0.05, 0) is 5.56 Å². The topological polar surface area (TPSA) is 191 Å². The highest BCUT2D eigenvalue weighted by Crippen LogP contribution is 2.41. The van der Waals surface area contributed by atoms with Gasteiger partial charge < -0.3 is 15.7 Å². The van der Waals surface area contributed by atoms with E-state index in [0.717, 1.165) is 18.2 Å². The molecule has 1 amide bonds. The van der Waals surface area contributed by atoms with Crippen molar-refractivity contribution in [3.8, 4) is 0 Å². The Morgan fingerprint density at radius 2 is 1.45 bits per heavy atom. The number of hydrogen-bond donors (Lipinski definition) is 3. The lowest BCUT2D eigenvalue weighted by molar-refractivity contribution is -0.393. The van der Waals surface area contributed by atoms with Gasteiger partial charge in [0.15, 0.2) is 0 Å². The lowest BCUT2D eigenvalue weighted by Crippen LogP contribution is -2.28. The normalized spacial score (nSPS) is 10.4. The Labute approximate surface area is 183 Å². The average molecular weight is 474 g/mol. The van der Waals surface area contributed by atoms with E-state index in [-0.39, 0.29) is 40.1 Å². The van der Waals surface area contributed by atoms with Crippen LogP contribution >= 0.6 is 23.2 Å². The molecular weight excluding hydrogens is 461 g/mol. The molecule has 0 saturated carbocycles. The van der Waals surface area contributed by atoms with Crippen LogP contribution in [0.1, 0.15) is 5.56 Å². The molecule has 0 unspecified atom stereocenters. The van der Waals surface area contributed by atoms with E-state index in [1.165, 1.54) is 0 Å². The zero-order valence-electron chi connectivity index (χ0n) is 15.3. The summed E-state index contributed by atoms with van der Waals surface area (Å²) in [6.45, 7) is -0.460. The van der Waals surface area contributed by atoms with Crippen molar-refractivity contribution in [1.82, 2.24) is 5.32 Å². The molecule has 31 heavy (non-hydrogen) atoms. The number of anilines is 2. The third kappa shape index (κ3) is 5.75. The Hall–Kier alpha value is -3.55. The third-order valence-corrected chi connectivity index (χ3v) is 4.46. The number of rotatable bonds is 9. The third-order valence-electron chi connectivity index (χ3n) is 3.86. The zero-order valence-corrected chi connectivity index (χ0v) is 16.8. The number of hydrogen-bond acceptors (Lipinski definition) is 9. The van der Waals surface area contributed by atoms with Gasteiger partial charge in [-0.15, -0.1) is 0 Å². The van der Waals surface area contributed by atoms with Crippen LogP contribution in [0, 0.1) is 30.3 Å². The average Bonchev–Trinajstić information content (AvgIpc) is 2.68. The van der Waals surface area contributed by atoms with Crippen molar-refractivity contribution in [3.05, 3.63) is 70.2 Å². The van der Waals surface area contributed by atoms with Crippen molar-refractivity contribution in [3.63, 3.8) is 0 Å². The Bertz CT molecular complexity index is 1060. The molecule has 164 valence electrons. The smallest absolute Gasteiger partial charge is 0.299 e. The van der Waals surface area contributed by atoms with Gasteiger partial charge in [0.2, 0.25) is 5.91 Å². The first-order valence-electron chi connectivity index (χ1n) is 8.28. The maximum atomic E-state index is 12.1. The van der Waals surface area contributed by atoms with Gasteiger partial charge in [-0.1, -0.05) is 23.2 Å². The summed E-state index contributed by atoms with van der Waals surface area (Å²) in [5, 5.41) is 46.9. The van der Waals surface area contributed by atoms with Crippen LogP contribution in [0.2, 0.25) is 10.0 Å². The highest BCUT2D eigenvalue weighted by Gasteiger charge is 2.27. The van der Waals surface area contributed by atoms with Crippen LogP contribution < -0.4 is 10.6 Å². The monoisotopic (exact) mass is 473 g/mol. The molecule has 0 aliphatic rings. The number of non-ortho nitro benzene ring substituents is 2. The van der Waals surface area contributed by atoms with Crippen LogP contribution in [0.4, 0.5) is 28.4 Å². The van der Waals surface area contributed by atoms with E-state index in [2.05, 4.69) is 10.6 Å². The quantitative estimate of drug-likeness (QED) is 0.362.